The molecular weight excluding hydrogens is 424 g/mol. The van der Waals surface area contributed by atoms with Crippen LogP contribution in [-0.4, -0.2) is 34.3 Å². The van der Waals surface area contributed by atoms with Gasteiger partial charge in [-0.1, -0.05) is 28.7 Å². The molecule has 4 nitrogen and oxygen atoms in total. The highest BCUT2D eigenvalue weighted by atomic mass is 127. The number of allylic oxidation sites excluding steroid dienone is 1. The van der Waals surface area contributed by atoms with Crippen LogP contribution in [0.3, 0.4) is 0 Å². The third-order valence-corrected chi connectivity index (χ3v) is 4.22. The fourth-order valence-electron chi connectivity index (χ4n) is 2.20. The second-order valence-electron chi connectivity index (χ2n) is 4.72. The molecule has 1 amide bonds. The number of carbonyl (C=O) groups excluding carboxylic acids is 1. The SMILES string of the molecule is N#CCOc1ccc(C2=CCC(I)C(=O)N2CC(F)F)c(F)c1. The minimum atomic E-state index is -2.72. The Morgan fingerprint density at radius 3 is 2.83 bits per heavy atom. The van der Waals surface area contributed by atoms with Gasteiger partial charge in [0, 0.05) is 11.6 Å². The molecule has 0 radical (unpaired) electrons. The maximum Gasteiger partial charge on any atom is 0.256 e. The van der Waals surface area contributed by atoms with Crippen LogP contribution in [0.15, 0.2) is 24.3 Å². The molecule has 0 saturated carbocycles. The first-order valence-corrected chi connectivity index (χ1v) is 7.92. The summed E-state index contributed by atoms with van der Waals surface area (Å²) in [6, 6.07) is 5.61. The number of benzene rings is 1. The fourth-order valence-corrected chi connectivity index (χ4v) is 2.80. The first kappa shape index (κ1) is 17.6. The summed E-state index contributed by atoms with van der Waals surface area (Å²) >= 11 is 1.88. The molecule has 0 spiro atoms. The van der Waals surface area contributed by atoms with Crippen molar-refractivity contribution in [1.82, 2.24) is 4.90 Å². The van der Waals surface area contributed by atoms with Crippen molar-refractivity contribution < 1.29 is 22.7 Å². The van der Waals surface area contributed by atoms with Crippen molar-refractivity contribution in [1.29, 1.82) is 5.26 Å². The van der Waals surface area contributed by atoms with E-state index in [4.69, 9.17) is 10.00 Å². The number of amides is 1. The Morgan fingerprint density at radius 1 is 1.48 bits per heavy atom. The monoisotopic (exact) mass is 436 g/mol. The average Bonchev–Trinajstić information content (AvgIpc) is 2.50. The number of nitriles is 1. The number of ether oxygens (including phenoxy) is 1. The average molecular weight is 436 g/mol. The maximum absolute atomic E-state index is 14.3. The van der Waals surface area contributed by atoms with Crippen LogP contribution < -0.4 is 4.74 Å². The van der Waals surface area contributed by atoms with Crippen LogP contribution in [0.5, 0.6) is 5.75 Å². The summed E-state index contributed by atoms with van der Waals surface area (Å²) in [4.78, 5) is 13.0. The van der Waals surface area contributed by atoms with Gasteiger partial charge in [-0.3, -0.25) is 4.79 Å². The van der Waals surface area contributed by atoms with Crippen molar-refractivity contribution >= 4 is 34.2 Å². The molecule has 0 bridgehead atoms. The van der Waals surface area contributed by atoms with Crippen LogP contribution in [0.1, 0.15) is 12.0 Å². The summed E-state index contributed by atoms with van der Waals surface area (Å²) in [5, 5.41) is 8.43. The topological polar surface area (TPSA) is 53.3 Å². The minimum absolute atomic E-state index is 0.0478. The lowest BCUT2D eigenvalue weighted by Gasteiger charge is -2.31. The van der Waals surface area contributed by atoms with Gasteiger partial charge in [0.25, 0.3) is 6.43 Å². The van der Waals surface area contributed by atoms with Gasteiger partial charge in [-0.15, -0.1) is 0 Å². The molecule has 0 aliphatic carbocycles. The van der Waals surface area contributed by atoms with Crippen LogP contribution in [0, 0.1) is 17.1 Å². The molecule has 1 aliphatic rings. The molecule has 0 N–H and O–H groups in total. The van der Waals surface area contributed by atoms with Gasteiger partial charge in [-0.25, -0.2) is 13.2 Å². The lowest BCUT2D eigenvalue weighted by Crippen LogP contribution is -2.41. The van der Waals surface area contributed by atoms with E-state index in [9.17, 15) is 18.0 Å². The van der Waals surface area contributed by atoms with E-state index >= 15 is 0 Å². The van der Waals surface area contributed by atoms with E-state index in [-0.39, 0.29) is 23.6 Å². The fraction of sp³-hybridized carbons (Fsp3) is 0.333. The lowest BCUT2D eigenvalue weighted by atomic mass is 10.0. The summed E-state index contributed by atoms with van der Waals surface area (Å²) in [7, 11) is 0. The third-order valence-electron chi connectivity index (χ3n) is 3.18. The second kappa shape index (κ2) is 7.68. The van der Waals surface area contributed by atoms with Crippen molar-refractivity contribution in [2.45, 2.75) is 16.8 Å². The van der Waals surface area contributed by atoms with E-state index in [1.807, 2.05) is 22.6 Å². The molecule has 0 saturated heterocycles. The molecule has 1 aliphatic heterocycles. The molecule has 23 heavy (non-hydrogen) atoms. The quantitative estimate of drug-likeness (QED) is 0.526. The number of alkyl halides is 3. The highest BCUT2D eigenvalue weighted by Gasteiger charge is 2.32. The van der Waals surface area contributed by atoms with Crippen LogP contribution in [0.4, 0.5) is 13.2 Å². The Bertz CT molecular complexity index is 673. The van der Waals surface area contributed by atoms with Gasteiger partial charge >= 0.3 is 0 Å². The Kier molecular flexibility index (Phi) is 5.87. The first-order valence-electron chi connectivity index (χ1n) is 6.67. The summed E-state index contributed by atoms with van der Waals surface area (Å²) in [6.07, 6.45) is -0.791. The second-order valence-corrected chi connectivity index (χ2v) is 6.22. The summed E-state index contributed by atoms with van der Waals surface area (Å²) in [5.41, 5.74) is 0.180. The normalized spacial score (nSPS) is 17.9. The lowest BCUT2D eigenvalue weighted by molar-refractivity contribution is -0.128. The van der Waals surface area contributed by atoms with Crippen LogP contribution in [0.2, 0.25) is 0 Å². The summed E-state index contributed by atoms with van der Waals surface area (Å²) < 4.78 is 44.3. The van der Waals surface area contributed by atoms with E-state index in [1.54, 1.807) is 12.1 Å². The highest BCUT2D eigenvalue weighted by Crippen LogP contribution is 2.32. The van der Waals surface area contributed by atoms with Crippen molar-refractivity contribution in [2.75, 3.05) is 13.2 Å². The molecule has 2 rings (SSSR count). The zero-order valence-corrected chi connectivity index (χ0v) is 14.0. The Labute approximate surface area is 144 Å². The van der Waals surface area contributed by atoms with Gasteiger partial charge in [-0.05, 0) is 18.6 Å². The van der Waals surface area contributed by atoms with Crippen LogP contribution in [-0.2, 0) is 4.79 Å². The van der Waals surface area contributed by atoms with E-state index in [0.717, 1.165) is 11.0 Å². The summed E-state index contributed by atoms with van der Waals surface area (Å²) in [5.74, 6) is -1.01. The van der Waals surface area contributed by atoms with E-state index < -0.39 is 28.6 Å². The third kappa shape index (κ3) is 4.16. The number of carbonyl (C=O) groups is 1. The highest BCUT2D eigenvalue weighted by molar-refractivity contribution is 14.1. The summed E-state index contributed by atoms with van der Waals surface area (Å²) in [6.45, 7) is -1.01. The van der Waals surface area contributed by atoms with Crippen LogP contribution >= 0.6 is 22.6 Å². The van der Waals surface area contributed by atoms with E-state index in [1.165, 1.54) is 12.1 Å². The zero-order chi connectivity index (χ0) is 17.0. The molecule has 1 aromatic rings. The van der Waals surface area contributed by atoms with Crippen LogP contribution in [0.25, 0.3) is 5.70 Å². The predicted octanol–water partition coefficient (Wildman–Crippen LogP) is 3.37. The van der Waals surface area contributed by atoms with Crippen molar-refractivity contribution in [3.05, 3.63) is 35.7 Å². The molecule has 0 aromatic heterocycles. The molecule has 8 heteroatoms. The number of rotatable bonds is 5. The Morgan fingerprint density at radius 2 is 2.22 bits per heavy atom. The molecule has 1 heterocycles. The molecular formula is C15H12F3IN2O2. The Balaban J connectivity index is 2.34. The number of halogens is 4. The van der Waals surface area contributed by atoms with Crippen molar-refractivity contribution in [3.8, 4) is 11.8 Å². The smallest absolute Gasteiger partial charge is 0.256 e. The molecule has 1 unspecified atom stereocenters. The molecule has 122 valence electrons. The van der Waals surface area contributed by atoms with E-state index in [0.29, 0.717) is 6.42 Å². The Hall–Kier alpha value is -1.76. The van der Waals surface area contributed by atoms with Crippen molar-refractivity contribution in [3.63, 3.8) is 0 Å². The number of hydrogen-bond acceptors (Lipinski definition) is 3. The van der Waals surface area contributed by atoms with Gasteiger partial charge < -0.3 is 9.64 Å². The predicted molar refractivity (Wildman–Crippen MR) is 85.6 cm³/mol. The first-order chi connectivity index (χ1) is 10.9. The van der Waals surface area contributed by atoms with Gasteiger partial charge in [-0.2, -0.15) is 5.26 Å². The van der Waals surface area contributed by atoms with Gasteiger partial charge in [0.2, 0.25) is 5.91 Å². The zero-order valence-electron chi connectivity index (χ0n) is 11.8. The standard InChI is InChI=1S/C15H12F3IN2O2/c16-11-7-9(23-6-5-20)1-2-10(11)13-4-3-12(19)15(22)21(13)8-14(17)18/h1-2,4,7,12,14H,3,6,8H2. The van der Waals surface area contributed by atoms with Gasteiger partial charge in [0.05, 0.1) is 16.2 Å². The van der Waals surface area contributed by atoms with E-state index in [2.05, 4.69) is 0 Å². The number of hydrogen-bond donors (Lipinski definition) is 0. The number of nitrogens with zero attached hydrogens (tertiary/aromatic N) is 2. The molecule has 1 atom stereocenters. The largest absolute Gasteiger partial charge is 0.479 e. The minimum Gasteiger partial charge on any atom is -0.479 e. The molecule has 0 fully saturated rings. The van der Waals surface area contributed by atoms with Gasteiger partial charge in [0.1, 0.15) is 17.6 Å². The molecule has 1 aromatic carbocycles. The maximum atomic E-state index is 14.3. The van der Waals surface area contributed by atoms with Gasteiger partial charge in [0.15, 0.2) is 6.61 Å². The van der Waals surface area contributed by atoms with Crippen molar-refractivity contribution in [2.24, 2.45) is 0 Å².